The van der Waals surface area contributed by atoms with E-state index in [4.69, 9.17) is 4.52 Å². The lowest BCUT2D eigenvalue weighted by Crippen LogP contribution is -2.34. The van der Waals surface area contributed by atoms with Gasteiger partial charge in [0.2, 0.25) is 5.89 Å². The average molecular weight is 290 g/mol. The average Bonchev–Trinajstić information content (AvgIpc) is 3.06. The van der Waals surface area contributed by atoms with Crippen molar-refractivity contribution in [3.8, 4) is 0 Å². The number of hydrogen-bond donors (Lipinski definition) is 1. The molecule has 7 nitrogen and oxygen atoms in total. The second-order valence-corrected chi connectivity index (χ2v) is 5.17. The van der Waals surface area contributed by atoms with Crippen LogP contribution < -0.4 is 5.32 Å². The van der Waals surface area contributed by atoms with Crippen molar-refractivity contribution in [2.24, 2.45) is 7.05 Å². The molecule has 7 heteroatoms. The van der Waals surface area contributed by atoms with Crippen LogP contribution in [0.4, 0.5) is 0 Å². The smallest absolute Gasteiger partial charge is 0.294 e. The van der Waals surface area contributed by atoms with Crippen LogP contribution in [0, 0.1) is 0 Å². The van der Waals surface area contributed by atoms with Crippen LogP contribution in [0.2, 0.25) is 0 Å². The second kappa shape index (κ2) is 5.90. The number of nitrogens with zero attached hydrogens (tertiary/aromatic N) is 3. The highest BCUT2D eigenvalue weighted by Gasteiger charge is 2.23. The van der Waals surface area contributed by atoms with Crippen molar-refractivity contribution in [2.45, 2.75) is 32.7 Å². The molecule has 2 aromatic heterocycles. The number of aryl methyl sites for hydroxylation is 1. The Morgan fingerprint density at radius 1 is 1.33 bits per heavy atom. The Bertz CT molecular complexity index is 657. The maximum atomic E-state index is 12.0. The predicted octanol–water partition coefficient (Wildman–Crippen LogP) is 1.59. The van der Waals surface area contributed by atoms with E-state index in [0.717, 1.165) is 0 Å². The van der Waals surface area contributed by atoms with Gasteiger partial charge in [0.15, 0.2) is 5.82 Å². The van der Waals surface area contributed by atoms with Crippen molar-refractivity contribution in [3.05, 3.63) is 35.7 Å². The number of ketones is 1. The van der Waals surface area contributed by atoms with Gasteiger partial charge in [0.1, 0.15) is 6.04 Å². The summed E-state index contributed by atoms with van der Waals surface area (Å²) in [5, 5.41) is 6.39. The number of Topliss-reactive ketones (excluding diaryl/α,β-unsaturated/α-hetero) is 1. The Kier molecular flexibility index (Phi) is 4.21. The van der Waals surface area contributed by atoms with Crippen LogP contribution >= 0.6 is 0 Å². The van der Waals surface area contributed by atoms with E-state index in [1.807, 2.05) is 13.8 Å². The van der Waals surface area contributed by atoms with Crippen LogP contribution in [0.3, 0.4) is 0 Å². The quantitative estimate of drug-likeness (QED) is 0.667. The molecule has 21 heavy (non-hydrogen) atoms. The minimum Gasteiger partial charge on any atom is -0.348 e. The van der Waals surface area contributed by atoms with Gasteiger partial charge in [0.05, 0.1) is 5.69 Å². The van der Waals surface area contributed by atoms with Crippen molar-refractivity contribution in [2.75, 3.05) is 0 Å². The van der Waals surface area contributed by atoms with Gasteiger partial charge < -0.3 is 14.4 Å². The van der Waals surface area contributed by atoms with E-state index in [9.17, 15) is 9.59 Å². The first-order valence-corrected chi connectivity index (χ1v) is 6.70. The lowest BCUT2D eigenvalue weighted by molar-refractivity contribution is -0.117. The highest BCUT2D eigenvalue weighted by atomic mass is 16.5. The molecule has 0 aliphatic carbocycles. The summed E-state index contributed by atoms with van der Waals surface area (Å²) in [5.74, 6) is -0.312. The predicted molar refractivity (Wildman–Crippen MR) is 74.7 cm³/mol. The zero-order valence-corrected chi connectivity index (χ0v) is 12.5. The molecule has 0 aliphatic rings. The first-order valence-electron chi connectivity index (χ1n) is 6.70. The van der Waals surface area contributed by atoms with Gasteiger partial charge >= 0.3 is 0 Å². The van der Waals surface area contributed by atoms with Crippen molar-refractivity contribution >= 4 is 11.7 Å². The molecule has 1 N–H and O–H groups in total. The second-order valence-electron chi connectivity index (χ2n) is 5.17. The van der Waals surface area contributed by atoms with Crippen molar-refractivity contribution < 1.29 is 14.1 Å². The molecule has 2 heterocycles. The fraction of sp³-hybridized carbons (Fsp3) is 0.429. The van der Waals surface area contributed by atoms with E-state index in [1.54, 1.807) is 36.9 Å². The zero-order chi connectivity index (χ0) is 15.6. The van der Waals surface area contributed by atoms with E-state index in [2.05, 4.69) is 15.5 Å². The maximum Gasteiger partial charge on any atom is 0.294 e. The highest BCUT2D eigenvalue weighted by molar-refractivity contribution is 6.42. The van der Waals surface area contributed by atoms with E-state index < -0.39 is 17.7 Å². The normalized spacial score (nSPS) is 12.4. The lowest BCUT2D eigenvalue weighted by Gasteiger charge is -2.09. The number of rotatable bonds is 5. The van der Waals surface area contributed by atoms with Crippen LogP contribution in [-0.4, -0.2) is 26.4 Å². The molecule has 1 amide bonds. The van der Waals surface area contributed by atoms with Crippen molar-refractivity contribution in [3.63, 3.8) is 0 Å². The van der Waals surface area contributed by atoms with Gasteiger partial charge in [-0.2, -0.15) is 4.98 Å². The van der Waals surface area contributed by atoms with Gasteiger partial charge in [-0.1, -0.05) is 19.0 Å². The molecule has 1 atom stereocenters. The molecule has 0 spiro atoms. The highest BCUT2D eigenvalue weighted by Crippen LogP contribution is 2.15. The van der Waals surface area contributed by atoms with Crippen LogP contribution in [-0.2, 0) is 11.8 Å². The number of carbonyl (C=O) groups excluding carboxylic acids is 2. The van der Waals surface area contributed by atoms with Crippen LogP contribution in [0.25, 0.3) is 0 Å². The van der Waals surface area contributed by atoms with Gasteiger partial charge in [-0.05, 0) is 19.1 Å². The molecule has 0 bridgehead atoms. The van der Waals surface area contributed by atoms with E-state index in [-0.39, 0.29) is 11.8 Å². The fourth-order valence-corrected chi connectivity index (χ4v) is 1.79. The molecule has 2 rings (SSSR count). The molecule has 0 fully saturated rings. The van der Waals surface area contributed by atoms with Gasteiger partial charge in [-0.15, -0.1) is 0 Å². The van der Waals surface area contributed by atoms with Crippen molar-refractivity contribution in [1.82, 2.24) is 20.0 Å². The third kappa shape index (κ3) is 3.18. The molecule has 2 aromatic rings. The number of amides is 1. The van der Waals surface area contributed by atoms with Crippen LogP contribution in [0.1, 0.15) is 54.9 Å². The Morgan fingerprint density at radius 2 is 2.05 bits per heavy atom. The van der Waals surface area contributed by atoms with Crippen molar-refractivity contribution in [1.29, 1.82) is 0 Å². The Morgan fingerprint density at radius 3 is 2.57 bits per heavy atom. The number of hydrogen-bond acceptors (Lipinski definition) is 5. The Hall–Kier alpha value is -2.44. The minimum atomic E-state index is -0.700. The topological polar surface area (TPSA) is 90.0 Å². The molecule has 0 saturated heterocycles. The largest absolute Gasteiger partial charge is 0.348 e. The number of carbonyl (C=O) groups is 2. The molecule has 112 valence electrons. The summed E-state index contributed by atoms with van der Waals surface area (Å²) in [6, 6.07) is 2.77. The zero-order valence-electron chi connectivity index (χ0n) is 12.5. The van der Waals surface area contributed by atoms with Crippen LogP contribution in [0.15, 0.2) is 22.9 Å². The summed E-state index contributed by atoms with van der Waals surface area (Å²) in [7, 11) is 1.71. The summed E-state index contributed by atoms with van der Waals surface area (Å²) in [5.41, 5.74) is 0.327. The third-order valence-corrected chi connectivity index (χ3v) is 3.07. The van der Waals surface area contributed by atoms with E-state index >= 15 is 0 Å². The van der Waals surface area contributed by atoms with Gasteiger partial charge in [-0.25, -0.2) is 0 Å². The number of aromatic nitrogens is 3. The fourth-order valence-electron chi connectivity index (χ4n) is 1.79. The lowest BCUT2D eigenvalue weighted by atomic mass is 10.2. The van der Waals surface area contributed by atoms with E-state index in [1.165, 1.54) is 0 Å². The molecule has 1 unspecified atom stereocenters. The summed E-state index contributed by atoms with van der Waals surface area (Å²) in [4.78, 5) is 28.2. The molecule has 0 aliphatic heterocycles. The van der Waals surface area contributed by atoms with Gasteiger partial charge in [0.25, 0.3) is 11.7 Å². The summed E-state index contributed by atoms with van der Waals surface area (Å²) in [6.07, 6.45) is 1.71. The van der Waals surface area contributed by atoms with Crippen LogP contribution in [0.5, 0.6) is 0 Å². The molecule has 0 saturated carbocycles. The molecule has 0 aromatic carbocycles. The van der Waals surface area contributed by atoms with E-state index in [0.29, 0.717) is 11.5 Å². The molecule has 0 radical (unpaired) electrons. The summed E-state index contributed by atoms with van der Waals surface area (Å²) >= 11 is 0. The first-order chi connectivity index (χ1) is 9.90. The summed E-state index contributed by atoms with van der Waals surface area (Å²) in [6.45, 7) is 5.57. The van der Waals surface area contributed by atoms with Gasteiger partial charge in [0, 0.05) is 19.2 Å². The first kappa shape index (κ1) is 15.0. The molecular formula is C14H18N4O3. The van der Waals surface area contributed by atoms with Gasteiger partial charge in [-0.3, -0.25) is 9.59 Å². The monoisotopic (exact) mass is 290 g/mol. The SMILES string of the molecule is CC(C)c1noc(C(C)NC(=O)C(=O)c2cccn2C)n1. The minimum absolute atomic E-state index is 0.135. The summed E-state index contributed by atoms with van der Waals surface area (Å²) < 4.78 is 6.68. The maximum absolute atomic E-state index is 12.0. The standard InChI is InChI=1S/C14H18N4O3/c1-8(2)12-16-14(21-17-12)9(3)15-13(20)11(19)10-6-5-7-18(10)4/h5-9H,1-4H3,(H,15,20). The molecular weight excluding hydrogens is 272 g/mol. The Balaban J connectivity index is 2.05. The number of nitrogens with one attached hydrogen (secondary N) is 1. The third-order valence-electron chi connectivity index (χ3n) is 3.07. The Labute approximate surface area is 122 Å².